The summed E-state index contributed by atoms with van der Waals surface area (Å²) in [7, 11) is 1.71. The summed E-state index contributed by atoms with van der Waals surface area (Å²) in [5, 5.41) is 22.3. The summed E-state index contributed by atoms with van der Waals surface area (Å²) < 4.78 is 0. The highest BCUT2D eigenvalue weighted by atomic mass is 16.3. The molecule has 0 saturated carbocycles. The first-order valence-corrected chi connectivity index (χ1v) is 5.50. The molecule has 0 saturated heterocycles. The van der Waals surface area contributed by atoms with Crippen molar-refractivity contribution >= 4 is 0 Å². The van der Waals surface area contributed by atoms with E-state index in [2.05, 4.69) is 15.4 Å². The second-order valence-corrected chi connectivity index (χ2v) is 4.46. The van der Waals surface area contributed by atoms with Gasteiger partial charge in [-0.2, -0.15) is 4.80 Å². The van der Waals surface area contributed by atoms with Gasteiger partial charge in [0.05, 0.1) is 12.6 Å². The van der Waals surface area contributed by atoms with E-state index in [1.54, 1.807) is 14.0 Å². The predicted molar refractivity (Wildman–Crippen MR) is 63.3 cm³/mol. The lowest BCUT2D eigenvalue weighted by Gasteiger charge is -2.24. The molecule has 5 nitrogen and oxygen atoms in total. The zero-order chi connectivity index (χ0) is 12.5. The first-order valence-electron chi connectivity index (χ1n) is 5.50. The van der Waals surface area contributed by atoms with Crippen molar-refractivity contribution in [2.45, 2.75) is 25.9 Å². The Labute approximate surface area is 100 Å². The number of rotatable bonds is 3. The van der Waals surface area contributed by atoms with Gasteiger partial charge in [0.15, 0.2) is 5.82 Å². The summed E-state index contributed by atoms with van der Waals surface area (Å²) in [5.41, 5.74) is 0.975. The first kappa shape index (κ1) is 11.7. The zero-order valence-electron chi connectivity index (χ0n) is 10.3. The summed E-state index contributed by atoms with van der Waals surface area (Å²) in [6.07, 6.45) is 0.353. The Bertz CT molecular complexity index is 519. The Kier molecular flexibility index (Phi) is 2.93. The predicted octanol–water partition coefficient (Wildman–Crippen LogP) is 0.969. The molecule has 5 heteroatoms. The van der Waals surface area contributed by atoms with E-state index in [1.807, 2.05) is 31.2 Å². The molecule has 2 rings (SSSR count). The second kappa shape index (κ2) is 4.25. The number of tetrazole rings is 1. The van der Waals surface area contributed by atoms with E-state index >= 15 is 0 Å². The molecule has 0 spiro atoms. The number of aromatic nitrogens is 4. The fourth-order valence-electron chi connectivity index (χ4n) is 1.97. The second-order valence-electron chi connectivity index (χ2n) is 4.46. The van der Waals surface area contributed by atoms with Crippen LogP contribution >= 0.6 is 0 Å². The van der Waals surface area contributed by atoms with Crippen LogP contribution in [0.2, 0.25) is 0 Å². The number of aryl methyl sites for hydroxylation is 2. The van der Waals surface area contributed by atoms with Crippen LogP contribution in [0.15, 0.2) is 24.3 Å². The van der Waals surface area contributed by atoms with Crippen LogP contribution < -0.4 is 0 Å². The van der Waals surface area contributed by atoms with Crippen LogP contribution in [0, 0.1) is 6.92 Å². The summed E-state index contributed by atoms with van der Waals surface area (Å²) >= 11 is 0. The van der Waals surface area contributed by atoms with E-state index in [4.69, 9.17) is 0 Å². The standard InChI is InChI=1S/C12H16N4O/c1-9-6-4-5-7-10(9)12(2,17)8-11-13-15-16(3)14-11/h4-7,17H,8H2,1-3H3. The van der Waals surface area contributed by atoms with Gasteiger partial charge in [0.1, 0.15) is 0 Å². The lowest BCUT2D eigenvalue weighted by atomic mass is 9.89. The Hall–Kier alpha value is -1.75. The molecular weight excluding hydrogens is 216 g/mol. The normalized spacial score (nSPS) is 14.6. The molecule has 90 valence electrons. The highest BCUT2D eigenvalue weighted by Gasteiger charge is 2.27. The molecule has 1 aromatic carbocycles. The highest BCUT2D eigenvalue weighted by molar-refractivity contribution is 5.31. The number of aliphatic hydroxyl groups is 1. The van der Waals surface area contributed by atoms with Crippen LogP contribution in [-0.4, -0.2) is 25.3 Å². The largest absolute Gasteiger partial charge is 0.385 e. The van der Waals surface area contributed by atoms with Gasteiger partial charge in [0, 0.05) is 6.42 Å². The Morgan fingerprint density at radius 3 is 2.65 bits per heavy atom. The topological polar surface area (TPSA) is 63.8 Å². The minimum atomic E-state index is -0.978. The lowest BCUT2D eigenvalue weighted by molar-refractivity contribution is 0.0547. The van der Waals surface area contributed by atoms with Crippen molar-refractivity contribution in [3.05, 3.63) is 41.2 Å². The molecule has 0 radical (unpaired) electrons. The third-order valence-corrected chi connectivity index (χ3v) is 2.78. The van der Waals surface area contributed by atoms with Crippen LogP contribution in [0.3, 0.4) is 0 Å². The van der Waals surface area contributed by atoms with E-state index in [-0.39, 0.29) is 0 Å². The molecule has 0 aliphatic rings. The monoisotopic (exact) mass is 232 g/mol. The van der Waals surface area contributed by atoms with Gasteiger partial charge in [-0.15, -0.1) is 10.2 Å². The SMILES string of the molecule is Cc1ccccc1C(C)(O)Cc1nnn(C)n1. The minimum absolute atomic E-state index is 0.353. The van der Waals surface area contributed by atoms with Crippen LogP contribution in [-0.2, 0) is 19.1 Å². The van der Waals surface area contributed by atoms with Gasteiger partial charge in [-0.3, -0.25) is 0 Å². The van der Waals surface area contributed by atoms with Gasteiger partial charge in [-0.25, -0.2) is 0 Å². The highest BCUT2D eigenvalue weighted by Crippen LogP contribution is 2.26. The van der Waals surface area contributed by atoms with Crippen LogP contribution in [0.5, 0.6) is 0 Å². The Balaban J connectivity index is 2.27. The van der Waals surface area contributed by atoms with E-state index in [9.17, 15) is 5.11 Å². The average Bonchev–Trinajstić information content (AvgIpc) is 2.63. The number of hydrogen-bond acceptors (Lipinski definition) is 4. The van der Waals surface area contributed by atoms with E-state index < -0.39 is 5.60 Å². The third kappa shape index (κ3) is 2.50. The quantitative estimate of drug-likeness (QED) is 0.856. The summed E-state index contributed by atoms with van der Waals surface area (Å²) in [5.74, 6) is 0.542. The van der Waals surface area contributed by atoms with Crippen molar-refractivity contribution in [2.24, 2.45) is 7.05 Å². The van der Waals surface area contributed by atoms with Crippen LogP contribution in [0.25, 0.3) is 0 Å². The molecule has 0 fully saturated rings. The van der Waals surface area contributed by atoms with Crippen molar-refractivity contribution in [2.75, 3.05) is 0 Å². The fourth-order valence-corrected chi connectivity index (χ4v) is 1.97. The molecule has 1 atom stereocenters. The maximum atomic E-state index is 10.5. The maximum absolute atomic E-state index is 10.5. The molecule has 0 aliphatic carbocycles. The third-order valence-electron chi connectivity index (χ3n) is 2.78. The number of nitrogens with zero attached hydrogens (tertiary/aromatic N) is 4. The van der Waals surface area contributed by atoms with E-state index in [0.717, 1.165) is 11.1 Å². The van der Waals surface area contributed by atoms with E-state index in [1.165, 1.54) is 4.80 Å². The van der Waals surface area contributed by atoms with Crippen molar-refractivity contribution in [3.63, 3.8) is 0 Å². The van der Waals surface area contributed by atoms with E-state index in [0.29, 0.717) is 12.2 Å². The molecule has 0 bridgehead atoms. The van der Waals surface area contributed by atoms with Gasteiger partial charge in [-0.1, -0.05) is 24.3 Å². The fraction of sp³-hybridized carbons (Fsp3) is 0.417. The molecular formula is C12H16N4O. The zero-order valence-corrected chi connectivity index (χ0v) is 10.3. The molecule has 0 amide bonds. The summed E-state index contributed by atoms with van der Waals surface area (Å²) in [6.45, 7) is 3.75. The average molecular weight is 232 g/mol. The molecule has 1 unspecified atom stereocenters. The lowest BCUT2D eigenvalue weighted by Crippen LogP contribution is -2.26. The molecule has 1 aromatic heterocycles. The van der Waals surface area contributed by atoms with Crippen molar-refractivity contribution in [3.8, 4) is 0 Å². The molecule has 0 aliphatic heterocycles. The Morgan fingerprint density at radius 2 is 2.06 bits per heavy atom. The van der Waals surface area contributed by atoms with Gasteiger partial charge in [0.2, 0.25) is 0 Å². The first-order chi connectivity index (χ1) is 7.99. The van der Waals surface area contributed by atoms with Crippen molar-refractivity contribution < 1.29 is 5.11 Å². The molecule has 17 heavy (non-hydrogen) atoms. The van der Waals surface area contributed by atoms with Gasteiger partial charge in [-0.05, 0) is 30.2 Å². The molecule has 1 heterocycles. The summed E-state index contributed by atoms with van der Waals surface area (Å²) in [4.78, 5) is 1.39. The van der Waals surface area contributed by atoms with Crippen molar-refractivity contribution in [1.82, 2.24) is 20.2 Å². The van der Waals surface area contributed by atoms with Crippen molar-refractivity contribution in [1.29, 1.82) is 0 Å². The van der Waals surface area contributed by atoms with Gasteiger partial charge in [0.25, 0.3) is 0 Å². The van der Waals surface area contributed by atoms with Crippen LogP contribution in [0.4, 0.5) is 0 Å². The summed E-state index contributed by atoms with van der Waals surface area (Å²) in [6, 6.07) is 7.77. The minimum Gasteiger partial charge on any atom is -0.385 e. The smallest absolute Gasteiger partial charge is 0.178 e. The maximum Gasteiger partial charge on any atom is 0.178 e. The molecule has 2 aromatic rings. The number of hydrogen-bond donors (Lipinski definition) is 1. The van der Waals surface area contributed by atoms with Gasteiger partial charge >= 0.3 is 0 Å². The Morgan fingerprint density at radius 1 is 1.35 bits per heavy atom. The number of benzene rings is 1. The van der Waals surface area contributed by atoms with Crippen LogP contribution in [0.1, 0.15) is 23.9 Å². The van der Waals surface area contributed by atoms with Gasteiger partial charge < -0.3 is 5.11 Å². The molecule has 1 N–H and O–H groups in total.